The lowest BCUT2D eigenvalue weighted by atomic mass is 9.87. The summed E-state index contributed by atoms with van der Waals surface area (Å²) in [7, 11) is 0. The Kier molecular flexibility index (Phi) is 10.9. The highest BCUT2D eigenvalue weighted by molar-refractivity contribution is 6.09. The van der Waals surface area contributed by atoms with E-state index in [0.717, 1.165) is 28.3 Å². The van der Waals surface area contributed by atoms with Crippen molar-refractivity contribution in [1.29, 1.82) is 0 Å². The molecule has 1 aromatic heterocycles. The molecular formula is C70H48N2. The van der Waals surface area contributed by atoms with Crippen molar-refractivity contribution >= 4 is 49.6 Å². The van der Waals surface area contributed by atoms with Crippen LogP contribution in [0.4, 0.5) is 17.1 Å². The summed E-state index contributed by atoms with van der Waals surface area (Å²) in [5.41, 5.74) is 21.1. The van der Waals surface area contributed by atoms with Crippen LogP contribution in [-0.4, -0.2) is 4.57 Å². The molecule has 0 fully saturated rings. The highest BCUT2D eigenvalue weighted by Crippen LogP contribution is 2.44. The summed E-state index contributed by atoms with van der Waals surface area (Å²) in [6.45, 7) is 0. The van der Waals surface area contributed by atoms with Gasteiger partial charge in [-0.05, 0) is 132 Å². The van der Waals surface area contributed by atoms with Gasteiger partial charge in [-0.2, -0.15) is 0 Å². The molecule has 0 saturated carbocycles. The molecule has 0 saturated heterocycles. The van der Waals surface area contributed by atoms with E-state index in [2.05, 4.69) is 301 Å². The minimum absolute atomic E-state index is 1.07. The number of rotatable bonds is 10. The first kappa shape index (κ1) is 42.6. The molecule has 0 amide bonds. The van der Waals surface area contributed by atoms with Crippen molar-refractivity contribution in [2.75, 3.05) is 4.90 Å². The van der Waals surface area contributed by atoms with E-state index in [4.69, 9.17) is 0 Å². The molecule has 2 nitrogen and oxygen atoms in total. The normalized spacial score (nSPS) is 11.3. The Morgan fingerprint density at radius 1 is 0.222 bits per heavy atom. The summed E-state index contributed by atoms with van der Waals surface area (Å²) in [5, 5.41) is 5.01. The fourth-order valence-corrected chi connectivity index (χ4v) is 10.8. The molecule has 13 rings (SSSR count). The van der Waals surface area contributed by atoms with Gasteiger partial charge in [-0.1, -0.05) is 237 Å². The Hall–Kier alpha value is -9.50. The van der Waals surface area contributed by atoms with Crippen LogP contribution in [-0.2, 0) is 0 Å². The quantitative estimate of drug-likeness (QED) is 0.133. The van der Waals surface area contributed by atoms with Crippen LogP contribution in [0, 0.1) is 0 Å². The second kappa shape index (κ2) is 18.4. The van der Waals surface area contributed by atoms with E-state index in [1.54, 1.807) is 0 Å². The van der Waals surface area contributed by atoms with Crippen LogP contribution >= 0.6 is 0 Å². The zero-order valence-corrected chi connectivity index (χ0v) is 39.6. The van der Waals surface area contributed by atoms with Crippen molar-refractivity contribution in [2.45, 2.75) is 0 Å². The number of benzene rings is 12. The lowest BCUT2D eigenvalue weighted by Gasteiger charge is -2.27. The predicted octanol–water partition coefficient (Wildman–Crippen LogP) is 19.4. The molecule has 0 aliphatic carbocycles. The Morgan fingerprint density at radius 3 is 1.18 bits per heavy atom. The van der Waals surface area contributed by atoms with Gasteiger partial charge in [0.15, 0.2) is 0 Å². The number of fused-ring (bicyclic) bond motifs is 4. The number of anilines is 3. The van der Waals surface area contributed by atoms with E-state index >= 15 is 0 Å². The summed E-state index contributed by atoms with van der Waals surface area (Å²) in [6.07, 6.45) is 0. The second-order valence-electron chi connectivity index (χ2n) is 18.4. The first-order valence-corrected chi connectivity index (χ1v) is 24.7. The van der Waals surface area contributed by atoms with Gasteiger partial charge >= 0.3 is 0 Å². The van der Waals surface area contributed by atoms with Gasteiger partial charge in [0.1, 0.15) is 0 Å². The summed E-state index contributed by atoms with van der Waals surface area (Å²) in [5.74, 6) is 0. The molecule has 0 bridgehead atoms. The van der Waals surface area contributed by atoms with Gasteiger partial charge in [-0.15, -0.1) is 0 Å². The summed E-state index contributed by atoms with van der Waals surface area (Å²) in [4.78, 5) is 2.39. The molecule has 2 heteroatoms. The first-order chi connectivity index (χ1) is 35.7. The van der Waals surface area contributed by atoms with Gasteiger partial charge in [-0.25, -0.2) is 0 Å². The van der Waals surface area contributed by atoms with Gasteiger partial charge in [0.2, 0.25) is 0 Å². The first-order valence-electron chi connectivity index (χ1n) is 24.7. The van der Waals surface area contributed by atoms with Crippen LogP contribution in [0.25, 0.3) is 105 Å². The Morgan fingerprint density at radius 2 is 0.597 bits per heavy atom. The minimum atomic E-state index is 1.07. The van der Waals surface area contributed by atoms with Crippen LogP contribution in [0.3, 0.4) is 0 Å². The van der Waals surface area contributed by atoms with Crippen LogP contribution in [0.15, 0.2) is 291 Å². The molecule has 12 aromatic carbocycles. The summed E-state index contributed by atoms with van der Waals surface area (Å²) < 4.78 is 2.40. The summed E-state index contributed by atoms with van der Waals surface area (Å²) >= 11 is 0. The van der Waals surface area contributed by atoms with E-state index in [1.165, 1.54) is 93.8 Å². The Bertz CT molecular complexity index is 4010. The minimum Gasteiger partial charge on any atom is -0.310 e. The third-order valence-corrected chi connectivity index (χ3v) is 14.3. The average Bonchev–Trinajstić information content (AvgIpc) is 3.80. The lowest BCUT2D eigenvalue weighted by molar-refractivity contribution is 1.17. The number of nitrogens with zero attached hydrogens (tertiary/aromatic N) is 2. The van der Waals surface area contributed by atoms with E-state index in [-0.39, 0.29) is 0 Å². The van der Waals surface area contributed by atoms with Crippen LogP contribution in [0.2, 0.25) is 0 Å². The number of aromatic nitrogens is 1. The largest absolute Gasteiger partial charge is 0.310 e. The summed E-state index contributed by atoms with van der Waals surface area (Å²) in [6, 6.07) is 106. The number of hydrogen-bond acceptors (Lipinski definition) is 1. The van der Waals surface area contributed by atoms with Crippen molar-refractivity contribution in [2.24, 2.45) is 0 Å². The maximum absolute atomic E-state index is 2.40. The molecule has 338 valence electrons. The van der Waals surface area contributed by atoms with Crippen molar-refractivity contribution in [3.05, 3.63) is 291 Å². The Balaban J connectivity index is 0.894. The fraction of sp³-hybridized carbons (Fsp3) is 0. The molecule has 0 spiro atoms. The zero-order chi connectivity index (χ0) is 47.8. The average molecular weight is 917 g/mol. The van der Waals surface area contributed by atoms with Crippen LogP contribution < -0.4 is 4.90 Å². The highest BCUT2D eigenvalue weighted by atomic mass is 15.1. The van der Waals surface area contributed by atoms with Crippen molar-refractivity contribution in [1.82, 2.24) is 4.57 Å². The third-order valence-electron chi connectivity index (χ3n) is 14.3. The lowest BCUT2D eigenvalue weighted by Crippen LogP contribution is -2.10. The standard InChI is InChI=1S/C70H48N2/c1-2-18-51(19-3-1)61-25-6-8-27-63(61)65-29-10-11-30-66(65)64-28-9-7-26-62(64)54-42-46-56(47-43-54)71(57-22-17-23-58(48-57)72-69-34-14-12-31-67(69)68-32-13-15-35-70(68)72)55-44-40-50(41-45-55)49-36-38-53(39-37-49)60-33-16-21-52-20-4-5-24-59(52)60/h1-48H. The van der Waals surface area contributed by atoms with Gasteiger partial charge < -0.3 is 9.47 Å². The topological polar surface area (TPSA) is 8.17 Å². The van der Waals surface area contributed by atoms with E-state index in [0.29, 0.717) is 0 Å². The number of para-hydroxylation sites is 2. The maximum atomic E-state index is 2.40. The molecule has 0 aliphatic rings. The zero-order valence-electron chi connectivity index (χ0n) is 39.6. The van der Waals surface area contributed by atoms with E-state index in [1.807, 2.05) is 0 Å². The van der Waals surface area contributed by atoms with Gasteiger partial charge in [-0.3, -0.25) is 0 Å². The smallest absolute Gasteiger partial charge is 0.0541 e. The fourth-order valence-electron chi connectivity index (χ4n) is 10.8. The van der Waals surface area contributed by atoms with Crippen molar-refractivity contribution in [3.63, 3.8) is 0 Å². The molecule has 0 radical (unpaired) electrons. The molecule has 72 heavy (non-hydrogen) atoms. The molecule has 0 N–H and O–H groups in total. The number of hydrogen-bond donors (Lipinski definition) is 0. The third kappa shape index (κ3) is 7.73. The van der Waals surface area contributed by atoms with Gasteiger partial charge in [0, 0.05) is 33.5 Å². The van der Waals surface area contributed by atoms with Crippen molar-refractivity contribution < 1.29 is 0 Å². The van der Waals surface area contributed by atoms with Crippen molar-refractivity contribution in [3.8, 4) is 72.4 Å². The monoisotopic (exact) mass is 916 g/mol. The second-order valence-corrected chi connectivity index (χ2v) is 18.4. The molecule has 1 heterocycles. The SMILES string of the molecule is c1ccc(-c2ccccc2-c2ccccc2-c2ccccc2-c2ccc(N(c3ccc(-c4ccc(-c5cccc6ccccc56)cc4)cc3)c3cccc(-n4c5ccccc5c5ccccc54)c3)cc2)cc1. The molecule has 0 atom stereocenters. The van der Waals surface area contributed by atoms with E-state index < -0.39 is 0 Å². The molecule has 13 aromatic rings. The predicted molar refractivity (Wildman–Crippen MR) is 306 cm³/mol. The van der Waals surface area contributed by atoms with Crippen LogP contribution in [0.5, 0.6) is 0 Å². The molecule has 0 unspecified atom stereocenters. The van der Waals surface area contributed by atoms with E-state index in [9.17, 15) is 0 Å². The molecular weight excluding hydrogens is 869 g/mol. The highest BCUT2D eigenvalue weighted by Gasteiger charge is 2.19. The van der Waals surface area contributed by atoms with Crippen LogP contribution in [0.1, 0.15) is 0 Å². The maximum Gasteiger partial charge on any atom is 0.0541 e. The van der Waals surface area contributed by atoms with Gasteiger partial charge in [0.05, 0.1) is 11.0 Å². The Labute approximate surface area is 420 Å². The molecule has 0 aliphatic heterocycles. The van der Waals surface area contributed by atoms with Gasteiger partial charge in [0.25, 0.3) is 0 Å².